The van der Waals surface area contributed by atoms with Gasteiger partial charge in [0.2, 0.25) is 0 Å². The molecule has 0 fully saturated rings. The third kappa shape index (κ3) is 4.54. The summed E-state index contributed by atoms with van der Waals surface area (Å²) >= 11 is 0. The van der Waals surface area contributed by atoms with Crippen molar-refractivity contribution in [2.45, 2.75) is 0 Å². The Bertz CT molecular complexity index is 2640. The van der Waals surface area contributed by atoms with Crippen LogP contribution >= 0.6 is 0 Å². The molecule has 0 amide bonds. The molecule has 0 unspecified atom stereocenters. The lowest BCUT2D eigenvalue weighted by Gasteiger charge is -2.28. The van der Waals surface area contributed by atoms with Crippen molar-refractivity contribution < 1.29 is 0 Å². The predicted octanol–water partition coefficient (Wildman–Crippen LogP) is 12.6. The van der Waals surface area contributed by atoms with E-state index in [1.807, 2.05) is 12.1 Å². The molecule has 10 rings (SSSR count). The second-order valence-corrected chi connectivity index (χ2v) is 12.7. The standard InChI is InChI=1S/C46H30N4/c1-3-13-35(14-4-1)49(43-29-23-31-11-7-9-17-39(31)47-43)41-27-21-33-19-20-34-22-28-42(38-26-25-37(41)45(33)46(34)38)50(36-15-5-2-6-16-36)44-30-24-32-12-8-10-18-40(32)48-44/h1-30H. The van der Waals surface area contributed by atoms with E-state index in [4.69, 9.17) is 9.97 Å². The molecule has 0 bridgehead atoms. The van der Waals surface area contributed by atoms with Crippen LogP contribution in [0.15, 0.2) is 182 Å². The summed E-state index contributed by atoms with van der Waals surface area (Å²) in [6, 6.07) is 64.3. The van der Waals surface area contributed by atoms with Crippen molar-refractivity contribution in [3.05, 3.63) is 182 Å². The maximum atomic E-state index is 5.18. The predicted molar refractivity (Wildman–Crippen MR) is 210 cm³/mol. The molecule has 0 aliphatic carbocycles. The second kappa shape index (κ2) is 11.4. The van der Waals surface area contributed by atoms with Gasteiger partial charge in [0, 0.05) is 32.9 Å². The van der Waals surface area contributed by atoms with Crippen LogP contribution in [0.25, 0.3) is 54.1 Å². The van der Waals surface area contributed by atoms with Crippen molar-refractivity contribution in [3.8, 4) is 0 Å². The topological polar surface area (TPSA) is 32.3 Å². The quantitative estimate of drug-likeness (QED) is 0.170. The molecular formula is C46H30N4. The van der Waals surface area contributed by atoms with E-state index in [0.717, 1.165) is 56.2 Å². The van der Waals surface area contributed by atoms with Gasteiger partial charge in [0.15, 0.2) is 0 Å². The second-order valence-electron chi connectivity index (χ2n) is 12.7. The van der Waals surface area contributed by atoms with Crippen LogP contribution in [0.5, 0.6) is 0 Å². The van der Waals surface area contributed by atoms with Crippen molar-refractivity contribution in [1.29, 1.82) is 0 Å². The van der Waals surface area contributed by atoms with Gasteiger partial charge in [0.1, 0.15) is 11.6 Å². The zero-order chi connectivity index (χ0) is 33.0. The molecule has 0 aliphatic rings. The first kappa shape index (κ1) is 28.3. The molecule has 234 valence electrons. The minimum Gasteiger partial charge on any atom is -0.294 e. The Morgan fingerprint density at radius 3 is 1.14 bits per heavy atom. The highest BCUT2D eigenvalue weighted by Gasteiger charge is 2.22. The average molecular weight is 639 g/mol. The third-order valence-corrected chi connectivity index (χ3v) is 9.75. The van der Waals surface area contributed by atoms with Crippen molar-refractivity contribution in [3.63, 3.8) is 0 Å². The minimum atomic E-state index is 0.878. The van der Waals surface area contributed by atoms with Gasteiger partial charge in [0.05, 0.1) is 22.4 Å². The van der Waals surface area contributed by atoms with Gasteiger partial charge in [-0.25, -0.2) is 9.97 Å². The summed E-state index contributed by atoms with van der Waals surface area (Å²) in [5.74, 6) is 1.76. The van der Waals surface area contributed by atoms with Crippen LogP contribution in [0.1, 0.15) is 0 Å². The monoisotopic (exact) mass is 638 g/mol. The summed E-state index contributed by atoms with van der Waals surface area (Å²) < 4.78 is 0. The summed E-state index contributed by atoms with van der Waals surface area (Å²) in [5.41, 5.74) is 6.23. The highest BCUT2D eigenvalue weighted by Crippen LogP contribution is 2.47. The van der Waals surface area contributed by atoms with Gasteiger partial charge in [-0.2, -0.15) is 0 Å². The molecule has 4 nitrogen and oxygen atoms in total. The van der Waals surface area contributed by atoms with Crippen LogP contribution in [0, 0.1) is 0 Å². The molecule has 0 N–H and O–H groups in total. The maximum absolute atomic E-state index is 5.18. The molecule has 0 saturated carbocycles. The Hall–Kier alpha value is -6.78. The summed E-state index contributed by atoms with van der Waals surface area (Å²) in [7, 11) is 0. The normalized spacial score (nSPS) is 11.6. The zero-order valence-electron chi connectivity index (χ0n) is 27.1. The number of pyridine rings is 2. The van der Waals surface area contributed by atoms with E-state index < -0.39 is 0 Å². The Labute approximate surface area is 289 Å². The summed E-state index contributed by atoms with van der Waals surface area (Å²) in [4.78, 5) is 14.9. The van der Waals surface area contributed by atoms with Gasteiger partial charge < -0.3 is 0 Å². The first-order chi connectivity index (χ1) is 24.8. The van der Waals surface area contributed by atoms with Crippen LogP contribution < -0.4 is 9.80 Å². The Morgan fingerprint density at radius 1 is 0.300 bits per heavy atom. The van der Waals surface area contributed by atoms with Gasteiger partial charge in [-0.3, -0.25) is 9.80 Å². The number of hydrogen-bond donors (Lipinski definition) is 0. The van der Waals surface area contributed by atoms with Gasteiger partial charge in [-0.1, -0.05) is 109 Å². The molecule has 50 heavy (non-hydrogen) atoms. The number of benzene rings is 8. The third-order valence-electron chi connectivity index (χ3n) is 9.75. The van der Waals surface area contributed by atoms with Gasteiger partial charge in [-0.15, -0.1) is 0 Å². The smallest absolute Gasteiger partial charge is 0.138 e. The number of aromatic nitrogens is 2. The van der Waals surface area contributed by atoms with E-state index in [1.54, 1.807) is 0 Å². The Kier molecular flexibility index (Phi) is 6.46. The molecule has 0 spiro atoms. The van der Waals surface area contributed by atoms with E-state index in [1.165, 1.54) is 32.3 Å². The van der Waals surface area contributed by atoms with Crippen molar-refractivity contribution in [2.24, 2.45) is 0 Å². The summed E-state index contributed by atoms with van der Waals surface area (Å²) in [6.45, 7) is 0. The molecule has 0 atom stereocenters. The zero-order valence-corrected chi connectivity index (χ0v) is 27.1. The molecular weight excluding hydrogens is 609 g/mol. The number of para-hydroxylation sites is 4. The molecule has 10 aromatic rings. The molecule has 4 heteroatoms. The van der Waals surface area contributed by atoms with E-state index in [0.29, 0.717) is 0 Å². The number of nitrogens with zero attached hydrogens (tertiary/aromatic N) is 4. The molecule has 2 aromatic heterocycles. The summed E-state index contributed by atoms with van der Waals surface area (Å²) in [6.07, 6.45) is 0. The Morgan fingerprint density at radius 2 is 0.680 bits per heavy atom. The average Bonchev–Trinajstić information content (AvgIpc) is 3.19. The van der Waals surface area contributed by atoms with Crippen molar-refractivity contribution >= 4 is 88.5 Å². The van der Waals surface area contributed by atoms with E-state index in [-0.39, 0.29) is 0 Å². The minimum absolute atomic E-state index is 0.878. The Balaban J connectivity index is 1.23. The highest BCUT2D eigenvalue weighted by atomic mass is 15.2. The van der Waals surface area contributed by atoms with Crippen LogP contribution in [0.3, 0.4) is 0 Å². The van der Waals surface area contributed by atoms with Crippen LogP contribution in [-0.2, 0) is 0 Å². The number of hydrogen-bond acceptors (Lipinski definition) is 4. The van der Waals surface area contributed by atoms with E-state index >= 15 is 0 Å². The first-order valence-corrected chi connectivity index (χ1v) is 16.9. The van der Waals surface area contributed by atoms with Gasteiger partial charge >= 0.3 is 0 Å². The number of fused-ring (bicyclic) bond motifs is 2. The number of anilines is 6. The number of rotatable bonds is 6. The lowest BCUT2D eigenvalue weighted by molar-refractivity contribution is 1.21. The van der Waals surface area contributed by atoms with Crippen molar-refractivity contribution in [2.75, 3.05) is 9.80 Å². The van der Waals surface area contributed by atoms with Crippen molar-refractivity contribution in [1.82, 2.24) is 9.97 Å². The molecule has 8 aromatic carbocycles. The van der Waals surface area contributed by atoms with Gasteiger partial charge in [-0.05, 0) is 94.3 Å². The first-order valence-electron chi connectivity index (χ1n) is 16.9. The lowest BCUT2D eigenvalue weighted by atomic mass is 9.92. The van der Waals surface area contributed by atoms with Gasteiger partial charge in [0.25, 0.3) is 0 Å². The highest BCUT2D eigenvalue weighted by molar-refractivity contribution is 6.28. The molecule has 0 saturated heterocycles. The summed E-state index contributed by atoms with van der Waals surface area (Å²) in [5, 5.41) is 9.47. The maximum Gasteiger partial charge on any atom is 0.138 e. The SMILES string of the molecule is c1ccc(N(c2ccc3ccccc3n2)c2ccc3ccc4ccc(N(c5ccccc5)c5ccc6ccccc6n5)c5ccc2c3c45)cc1. The van der Waals surface area contributed by atoms with E-state index in [2.05, 4.69) is 180 Å². The van der Waals surface area contributed by atoms with E-state index in [9.17, 15) is 0 Å². The fourth-order valence-corrected chi connectivity index (χ4v) is 7.46. The molecule has 0 radical (unpaired) electrons. The molecule has 2 heterocycles. The fourth-order valence-electron chi connectivity index (χ4n) is 7.46. The lowest BCUT2D eigenvalue weighted by Crippen LogP contribution is -2.13. The fraction of sp³-hybridized carbons (Fsp3) is 0. The largest absolute Gasteiger partial charge is 0.294 e. The van der Waals surface area contributed by atoms with Crippen LogP contribution in [0.2, 0.25) is 0 Å². The van der Waals surface area contributed by atoms with Crippen LogP contribution in [-0.4, -0.2) is 9.97 Å². The molecule has 0 aliphatic heterocycles. The van der Waals surface area contributed by atoms with Crippen LogP contribution in [0.4, 0.5) is 34.4 Å².